The minimum Gasteiger partial charge on any atom is -0.380 e. The van der Waals surface area contributed by atoms with Gasteiger partial charge in [-0.3, -0.25) is 4.99 Å². The topological polar surface area (TPSA) is 65.0 Å². The summed E-state index contributed by atoms with van der Waals surface area (Å²) in [5, 5.41) is 6.60. The molecule has 7 heteroatoms. The van der Waals surface area contributed by atoms with E-state index in [2.05, 4.69) is 63.4 Å². The summed E-state index contributed by atoms with van der Waals surface area (Å²) >= 11 is 0. The van der Waals surface area contributed by atoms with Gasteiger partial charge in [-0.15, -0.1) is 0 Å². The van der Waals surface area contributed by atoms with Gasteiger partial charge in [0, 0.05) is 59.1 Å². The van der Waals surface area contributed by atoms with E-state index in [1.807, 2.05) is 6.20 Å². The smallest absolute Gasteiger partial charge is 0.191 e. The number of anilines is 1. The van der Waals surface area contributed by atoms with Gasteiger partial charge in [0.05, 0.1) is 6.61 Å². The zero-order valence-corrected chi connectivity index (χ0v) is 17.4. The fourth-order valence-corrected chi connectivity index (χ4v) is 2.81. The van der Waals surface area contributed by atoms with E-state index in [1.54, 1.807) is 7.05 Å². The predicted octanol–water partition coefficient (Wildman–Crippen LogP) is 1.56. The van der Waals surface area contributed by atoms with Gasteiger partial charge in [-0.05, 0) is 31.0 Å². The van der Waals surface area contributed by atoms with Gasteiger partial charge in [0.1, 0.15) is 5.82 Å². The summed E-state index contributed by atoms with van der Waals surface area (Å²) in [6.45, 7) is 11.6. The maximum atomic E-state index is 5.62. The summed E-state index contributed by atoms with van der Waals surface area (Å²) in [6.07, 6.45) is 3.05. The van der Waals surface area contributed by atoms with Crippen LogP contribution in [0.5, 0.6) is 0 Å². The highest BCUT2D eigenvalue weighted by Crippen LogP contribution is 2.13. The van der Waals surface area contributed by atoms with Crippen molar-refractivity contribution in [1.29, 1.82) is 0 Å². The number of likely N-dealkylation sites (N-methyl/N-ethyl adjacent to an activating group) is 1. The molecule has 0 saturated carbocycles. The van der Waals surface area contributed by atoms with Crippen LogP contribution in [0.2, 0.25) is 0 Å². The van der Waals surface area contributed by atoms with Crippen LogP contribution >= 0.6 is 0 Å². The molecule has 2 heterocycles. The summed E-state index contributed by atoms with van der Waals surface area (Å²) in [5.41, 5.74) is 1.14. The molecule has 0 spiro atoms. The highest BCUT2D eigenvalue weighted by molar-refractivity contribution is 5.79. The first kappa shape index (κ1) is 21.4. The fourth-order valence-electron chi connectivity index (χ4n) is 2.81. The van der Waals surface area contributed by atoms with Crippen LogP contribution in [-0.4, -0.2) is 75.9 Å². The number of hydrogen-bond donors (Lipinski definition) is 2. The summed E-state index contributed by atoms with van der Waals surface area (Å²) in [4.78, 5) is 13.6. The molecule has 0 aliphatic carbocycles. The average molecular weight is 377 g/mol. The first-order valence-electron chi connectivity index (χ1n) is 9.99. The highest BCUT2D eigenvalue weighted by atomic mass is 16.5. The molecular formula is C20H36N6O. The number of piperazine rings is 1. The molecule has 0 amide bonds. The first-order valence-corrected chi connectivity index (χ1v) is 9.99. The molecule has 0 atom stereocenters. The second-order valence-electron chi connectivity index (χ2n) is 7.46. The van der Waals surface area contributed by atoms with Crippen LogP contribution in [0.1, 0.15) is 25.8 Å². The molecule has 1 saturated heterocycles. The molecule has 7 nitrogen and oxygen atoms in total. The second kappa shape index (κ2) is 11.8. The Labute approximate surface area is 164 Å². The molecule has 1 aromatic rings. The Kier molecular flexibility index (Phi) is 9.35. The van der Waals surface area contributed by atoms with Gasteiger partial charge in [0.25, 0.3) is 0 Å². The van der Waals surface area contributed by atoms with Gasteiger partial charge >= 0.3 is 0 Å². The maximum absolute atomic E-state index is 5.62. The van der Waals surface area contributed by atoms with Gasteiger partial charge in [-0.25, -0.2) is 4.98 Å². The molecule has 1 aliphatic heterocycles. The number of nitrogens with one attached hydrogen (secondary N) is 2. The molecule has 1 aromatic heterocycles. The van der Waals surface area contributed by atoms with Gasteiger partial charge < -0.3 is 25.2 Å². The van der Waals surface area contributed by atoms with Crippen molar-refractivity contribution < 1.29 is 4.74 Å². The van der Waals surface area contributed by atoms with E-state index in [9.17, 15) is 0 Å². The largest absolute Gasteiger partial charge is 0.380 e. The van der Waals surface area contributed by atoms with Crippen LogP contribution in [-0.2, 0) is 11.3 Å². The first-order chi connectivity index (χ1) is 13.1. The third-order valence-electron chi connectivity index (χ3n) is 4.70. The predicted molar refractivity (Wildman–Crippen MR) is 112 cm³/mol. The number of hydrogen-bond acceptors (Lipinski definition) is 5. The van der Waals surface area contributed by atoms with Gasteiger partial charge in [-0.1, -0.05) is 19.9 Å². The van der Waals surface area contributed by atoms with E-state index in [0.29, 0.717) is 19.1 Å². The lowest BCUT2D eigenvalue weighted by Crippen LogP contribution is -2.44. The molecule has 0 unspecified atom stereocenters. The number of aliphatic imine (C=N–C) groups is 1. The highest BCUT2D eigenvalue weighted by Gasteiger charge is 2.14. The number of nitrogens with zero attached hydrogens (tertiary/aromatic N) is 4. The van der Waals surface area contributed by atoms with Crippen molar-refractivity contribution in [1.82, 2.24) is 20.5 Å². The molecule has 27 heavy (non-hydrogen) atoms. The lowest BCUT2D eigenvalue weighted by Gasteiger charge is -2.33. The molecule has 152 valence electrons. The molecule has 0 bridgehead atoms. The Bertz CT molecular complexity index is 552. The zero-order valence-electron chi connectivity index (χ0n) is 17.4. The Morgan fingerprint density at radius 1 is 1.19 bits per heavy atom. The SMILES string of the molecule is CN=C(NCCOCCC(C)C)NCc1ccc(N2CCN(C)CC2)nc1. The van der Waals surface area contributed by atoms with E-state index in [4.69, 9.17) is 4.74 Å². The van der Waals surface area contributed by atoms with E-state index in [-0.39, 0.29) is 0 Å². The molecular weight excluding hydrogens is 340 g/mol. The normalized spacial score (nSPS) is 16.0. The van der Waals surface area contributed by atoms with Crippen LogP contribution < -0.4 is 15.5 Å². The molecule has 2 rings (SSSR count). The van der Waals surface area contributed by atoms with Crippen molar-refractivity contribution >= 4 is 11.8 Å². The van der Waals surface area contributed by atoms with Gasteiger partial charge in [0.2, 0.25) is 0 Å². The van der Waals surface area contributed by atoms with Crippen molar-refractivity contribution in [2.45, 2.75) is 26.8 Å². The van der Waals surface area contributed by atoms with Crippen molar-refractivity contribution in [2.75, 3.05) is 64.9 Å². The third-order valence-corrected chi connectivity index (χ3v) is 4.70. The Morgan fingerprint density at radius 3 is 2.59 bits per heavy atom. The average Bonchev–Trinajstić information content (AvgIpc) is 2.67. The number of pyridine rings is 1. The van der Waals surface area contributed by atoms with Gasteiger partial charge in [-0.2, -0.15) is 0 Å². The van der Waals surface area contributed by atoms with Crippen molar-refractivity contribution in [3.63, 3.8) is 0 Å². The van der Waals surface area contributed by atoms with Crippen LogP contribution in [0.25, 0.3) is 0 Å². The molecule has 0 radical (unpaired) electrons. The minimum atomic E-state index is 0.684. The monoisotopic (exact) mass is 376 g/mol. The number of aromatic nitrogens is 1. The van der Waals surface area contributed by atoms with Crippen LogP contribution in [0.4, 0.5) is 5.82 Å². The lowest BCUT2D eigenvalue weighted by molar-refractivity contribution is 0.128. The summed E-state index contributed by atoms with van der Waals surface area (Å²) < 4.78 is 5.62. The maximum Gasteiger partial charge on any atom is 0.191 e. The lowest BCUT2D eigenvalue weighted by atomic mass is 10.1. The van der Waals surface area contributed by atoms with Crippen LogP contribution in [0.3, 0.4) is 0 Å². The molecule has 2 N–H and O–H groups in total. The van der Waals surface area contributed by atoms with Crippen molar-refractivity contribution in [3.8, 4) is 0 Å². The van der Waals surface area contributed by atoms with E-state index in [1.165, 1.54) is 0 Å². The minimum absolute atomic E-state index is 0.684. The van der Waals surface area contributed by atoms with Crippen LogP contribution in [0, 0.1) is 5.92 Å². The van der Waals surface area contributed by atoms with E-state index in [0.717, 1.165) is 63.1 Å². The summed E-state index contributed by atoms with van der Waals surface area (Å²) in [7, 11) is 3.95. The number of guanidine groups is 1. The van der Waals surface area contributed by atoms with Gasteiger partial charge in [0.15, 0.2) is 5.96 Å². The number of rotatable bonds is 9. The summed E-state index contributed by atoms with van der Waals surface area (Å²) in [5.74, 6) is 2.53. The third kappa shape index (κ3) is 8.13. The van der Waals surface area contributed by atoms with Crippen molar-refractivity contribution in [3.05, 3.63) is 23.9 Å². The zero-order chi connectivity index (χ0) is 19.5. The van der Waals surface area contributed by atoms with Crippen molar-refractivity contribution in [2.24, 2.45) is 10.9 Å². The standard InChI is InChI=1S/C20H36N6O/c1-17(2)7-13-27-14-8-22-20(21-3)24-16-18-5-6-19(23-15-18)26-11-9-25(4)10-12-26/h5-6,15,17H,7-14,16H2,1-4H3,(H2,21,22,24). The quantitative estimate of drug-likeness (QED) is 0.387. The summed E-state index contributed by atoms with van der Waals surface area (Å²) in [6, 6.07) is 4.25. The molecule has 1 fully saturated rings. The fraction of sp³-hybridized carbons (Fsp3) is 0.700. The molecule has 0 aromatic carbocycles. The number of ether oxygens (including phenoxy) is 1. The molecule has 1 aliphatic rings. The Hall–Kier alpha value is -1.86. The Morgan fingerprint density at radius 2 is 1.96 bits per heavy atom. The van der Waals surface area contributed by atoms with Crippen LogP contribution in [0.15, 0.2) is 23.3 Å². The van der Waals surface area contributed by atoms with E-state index < -0.39 is 0 Å². The second-order valence-corrected chi connectivity index (χ2v) is 7.46. The van der Waals surface area contributed by atoms with E-state index >= 15 is 0 Å². The Balaban J connectivity index is 1.67.